The second-order valence-electron chi connectivity index (χ2n) is 7.54. The van der Waals surface area contributed by atoms with Gasteiger partial charge in [-0.15, -0.1) is 0 Å². The van der Waals surface area contributed by atoms with Gasteiger partial charge in [-0.05, 0) is 49.2 Å². The first-order valence-corrected chi connectivity index (χ1v) is 10.3. The topological polar surface area (TPSA) is 110 Å². The van der Waals surface area contributed by atoms with E-state index in [1.807, 2.05) is 6.07 Å². The third kappa shape index (κ3) is 5.12. The van der Waals surface area contributed by atoms with Crippen molar-refractivity contribution in [3.8, 4) is 16.9 Å². The van der Waals surface area contributed by atoms with Crippen LogP contribution < -0.4 is 0 Å². The van der Waals surface area contributed by atoms with E-state index in [2.05, 4.69) is 15.3 Å². The molecule has 0 aliphatic carbocycles. The quantitative estimate of drug-likeness (QED) is 0.323. The average molecular weight is 448 g/mol. The molecule has 0 fully saturated rings. The van der Waals surface area contributed by atoms with Gasteiger partial charge in [-0.25, -0.2) is 9.07 Å². The Balaban J connectivity index is 1.32. The summed E-state index contributed by atoms with van der Waals surface area (Å²) < 4.78 is 14.9. The third-order valence-electron chi connectivity index (χ3n) is 5.17. The SMILES string of the molecule is CN(CCCc1cc(-c2cccc(F)c2)n[nH]1)C(=O)c1ccn(-c2ccc([N+](=O)[O-])cc2)n1. The summed E-state index contributed by atoms with van der Waals surface area (Å²) in [6.45, 7) is 0.511. The Labute approximate surface area is 188 Å². The number of halogens is 1. The number of aromatic nitrogens is 4. The van der Waals surface area contributed by atoms with Crippen molar-refractivity contribution >= 4 is 11.6 Å². The number of hydrogen-bond acceptors (Lipinski definition) is 5. The van der Waals surface area contributed by atoms with E-state index in [0.29, 0.717) is 36.3 Å². The molecule has 0 saturated carbocycles. The first-order valence-electron chi connectivity index (χ1n) is 10.3. The number of rotatable bonds is 8. The molecule has 168 valence electrons. The fourth-order valence-electron chi connectivity index (χ4n) is 3.40. The van der Waals surface area contributed by atoms with Crippen LogP contribution in [-0.2, 0) is 6.42 Å². The van der Waals surface area contributed by atoms with Crippen LogP contribution in [0.1, 0.15) is 22.6 Å². The highest BCUT2D eigenvalue weighted by Gasteiger charge is 2.16. The maximum absolute atomic E-state index is 13.4. The van der Waals surface area contributed by atoms with Crippen LogP contribution in [0.25, 0.3) is 16.9 Å². The van der Waals surface area contributed by atoms with Crippen molar-refractivity contribution in [2.45, 2.75) is 12.8 Å². The zero-order chi connectivity index (χ0) is 23.4. The van der Waals surface area contributed by atoms with E-state index in [4.69, 9.17) is 0 Å². The number of carbonyl (C=O) groups excluding carboxylic acids is 1. The number of nitro groups is 1. The summed E-state index contributed by atoms with van der Waals surface area (Å²) in [4.78, 5) is 24.6. The Kier molecular flexibility index (Phi) is 6.25. The molecular weight excluding hydrogens is 427 g/mol. The Morgan fingerprint density at radius 1 is 1.18 bits per heavy atom. The lowest BCUT2D eigenvalue weighted by atomic mass is 10.1. The number of carbonyl (C=O) groups is 1. The van der Waals surface area contributed by atoms with Crippen molar-refractivity contribution in [2.75, 3.05) is 13.6 Å². The molecule has 4 aromatic rings. The lowest BCUT2D eigenvalue weighted by molar-refractivity contribution is -0.384. The zero-order valence-corrected chi connectivity index (χ0v) is 17.8. The van der Waals surface area contributed by atoms with E-state index < -0.39 is 4.92 Å². The number of nitrogens with zero attached hydrogens (tertiary/aromatic N) is 5. The van der Waals surface area contributed by atoms with Gasteiger partial charge in [-0.1, -0.05) is 12.1 Å². The highest BCUT2D eigenvalue weighted by atomic mass is 19.1. The van der Waals surface area contributed by atoms with Gasteiger partial charge in [0.25, 0.3) is 11.6 Å². The predicted octanol–water partition coefficient (Wildman–Crippen LogP) is 4.01. The molecule has 0 atom stereocenters. The maximum atomic E-state index is 13.4. The second-order valence-corrected chi connectivity index (χ2v) is 7.54. The van der Waals surface area contributed by atoms with Gasteiger partial charge in [-0.3, -0.25) is 20.0 Å². The minimum atomic E-state index is -0.470. The number of amides is 1. The number of hydrogen-bond donors (Lipinski definition) is 1. The minimum absolute atomic E-state index is 0.0118. The molecule has 0 bridgehead atoms. The van der Waals surface area contributed by atoms with Gasteiger partial charge in [0.05, 0.1) is 16.3 Å². The van der Waals surface area contributed by atoms with E-state index >= 15 is 0 Å². The summed E-state index contributed by atoms with van der Waals surface area (Å²) in [6, 6.07) is 15.7. The monoisotopic (exact) mass is 448 g/mol. The van der Waals surface area contributed by atoms with Gasteiger partial charge in [-0.2, -0.15) is 10.2 Å². The molecule has 0 aliphatic heterocycles. The van der Waals surface area contributed by atoms with Crippen LogP contribution >= 0.6 is 0 Å². The number of H-pyrrole nitrogens is 1. The second kappa shape index (κ2) is 9.43. The largest absolute Gasteiger partial charge is 0.340 e. The van der Waals surface area contributed by atoms with Crippen LogP contribution in [0, 0.1) is 15.9 Å². The summed E-state index contributed by atoms with van der Waals surface area (Å²) in [6.07, 6.45) is 3.02. The lowest BCUT2D eigenvalue weighted by Gasteiger charge is -2.15. The molecule has 0 unspecified atom stereocenters. The number of benzene rings is 2. The maximum Gasteiger partial charge on any atom is 0.274 e. The summed E-state index contributed by atoms with van der Waals surface area (Å²) >= 11 is 0. The first-order chi connectivity index (χ1) is 15.9. The number of aromatic amines is 1. The van der Waals surface area contributed by atoms with Crippen LogP contribution in [0.3, 0.4) is 0 Å². The summed E-state index contributed by atoms with van der Waals surface area (Å²) in [7, 11) is 1.71. The standard InChI is InChI=1S/C23H21FN6O3/c1-28(12-3-6-18-15-22(26-25-18)16-4-2-5-17(24)14-16)23(31)21-11-13-29(27-21)19-7-9-20(10-8-19)30(32)33/h2,4-5,7-11,13-15H,3,6,12H2,1H3,(H,25,26). The number of nitro benzene ring substituents is 1. The van der Waals surface area contributed by atoms with Crippen molar-refractivity contribution in [1.29, 1.82) is 0 Å². The molecule has 33 heavy (non-hydrogen) atoms. The van der Waals surface area contributed by atoms with Gasteiger partial charge in [0, 0.05) is 43.2 Å². The van der Waals surface area contributed by atoms with Gasteiger partial charge < -0.3 is 4.90 Å². The number of nitrogens with one attached hydrogen (secondary N) is 1. The van der Waals surface area contributed by atoms with Crippen molar-refractivity contribution in [3.05, 3.63) is 94.2 Å². The molecule has 10 heteroatoms. The zero-order valence-electron chi connectivity index (χ0n) is 17.8. The molecule has 2 heterocycles. The summed E-state index contributed by atoms with van der Waals surface area (Å²) in [5.41, 5.74) is 3.17. The van der Waals surface area contributed by atoms with Crippen LogP contribution in [0.5, 0.6) is 0 Å². The molecule has 0 saturated heterocycles. The third-order valence-corrected chi connectivity index (χ3v) is 5.17. The van der Waals surface area contributed by atoms with Gasteiger partial charge in [0.2, 0.25) is 0 Å². The lowest BCUT2D eigenvalue weighted by Crippen LogP contribution is -2.28. The first kappa shape index (κ1) is 21.9. The van der Waals surface area contributed by atoms with Gasteiger partial charge in [0.1, 0.15) is 5.82 Å². The molecule has 9 nitrogen and oxygen atoms in total. The van der Waals surface area contributed by atoms with Crippen molar-refractivity contribution < 1.29 is 14.1 Å². The summed E-state index contributed by atoms with van der Waals surface area (Å²) in [5.74, 6) is -0.533. The van der Waals surface area contributed by atoms with Crippen LogP contribution in [0.4, 0.5) is 10.1 Å². The van der Waals surface area contributed by atoms with Crippen LogP contribution in [-0.4, -0.2) is 49.3 Å². The van der Waals surface area contributed by atoms with Crippen molar-refractivity contribution in [3.63, 3.8) is 0 Å². The Morgan fingerprint density at radius 3 is 2.70 bits per heavy atom. The van der Waals surface area contributed by atoms with E-state index in [9.17, 15) is 19.3 Å². The molecule has 4 rings (SSSR count). The Hall–Kier alpha value is -4.34. The normalized spacial score (nSPS) is 10.8. The Bertz CT molecular complexity index is 1280. The number of non-ortho nitro benzene ring substituents is 1. The molecule has 1 amide bonds. The molecule has 1 N–H and O–H groups in total. The summed E-state index contributed by atoms with van der Waals surface area (Å²) in [5, 5.41) is 22.3. The number of aryl methyl sites for hydroxylation is 1. The van der Waals surface area contributed by atoms with E-state index in [1.165, 1.54) is 28.9 Å². The molecule has 2 aromatic carbocycles. The minimum Gasteiger partial charge on any atom is -0.340 e. The molecule has 0 aliphatic rings. The molecule has 0 spiro atoms. The molecule has 0 radical (unpaired) electrons. The van der Waals surface area contributed by atoms with Gasteiger partial charge in [0.15, 0.2) is 5.69 Å². The fraction of sp³-hybridized carbons (Fsp3) is 0.174. The van der Waals surface area contributed by atoms with Crippen molar-refractivity contribution in [1.82, 2.24) is 24.9 Å². The highest BCUT2D eigenvalue weighted by Crippen LogP contribution is 2.19. The highest BCUT2D eigenvalue weighted by molar-refractivity contribution is 5.92. The van der Waals surface area contributed by atoms with Gasteiger partial charge >= 0.3 is 0 Å². The molecular formula is C23H21FN6O3. The predicted molar refractivity (Wildman–Crippen MR) is 119 cm³/mol. The van der Waals surface area contributed by atoms with Crippen LogP contribution in [0.2, 0.25) is 0 Å². The van der Waals surface area contributed by atoms with Crippen LogP contribution in [0.15, 0.2) is 66.9 Å². The Morgan fingerprint density at radius 2 is 1.97 bits per heavy atom. The van der Waals surface area contributed by atoms with E-state index in [1.54, 1.807) is 48.5 Å². The van der Waals surface area contributed by atoms with E-state index in [0.717, 1.165) is 5.69 Å². The van der Waals surface area contributed by atoms with Crippen molar-refractivity contribution in [2.24, 2.45) is 0 Å². The molecule has 2 aromatic heterocycles. The fourth-order valence-corrected chi connectivity index (χ4v) is 3.40. The average Bonchev–Trinajstić information content (AvgIpc) is 3.49. The smallest absolute Gasteiger partial charge is 0.274 e. The van der Waals surface area contributed by atoms with E-state index in [-0.39, 0.29) is 23.1 Å².